The molecule has 0 amide bonds. The Balaban J connectivity index is 1.57. The van der Waals surface area contributed by atoms with Crippen molar-refractivity contribution in [2.45, 2.75) is 33.2 Å². The van der Waals surface area contributed by atoms with Crippen LogP contribution >= 0.6 is 0 Å². The van der Waals surface area contributed by atoms with E-state index in [1.807, 2.05) is 25.2 Å². The Kier molecular flexibility index (Phi) is 4.79. The third-order valence-electron chi connectivity index (χ3n) is 6.90. The number of aromatic nitrogens is 6. The van der Waals surface area contributed by atoms with Gasteiger partial charge in [-0.15, -0.1) is 0 Å². The highest BCUT2D eigenvalue weighted by atomic mass is 19.1. The lowest BCUT2D eigenvalue weighted by Crippen LogP contribution is -2.30. The number of halogens is 1. The molecule has 1 aliphatic heterocycles. The minimum Gasteiger partial charge on any atom is -0.310 e. The first-order valence-electron chi connectivity index (χ1n) is 11.7. The summed E-state index contributed by atoms with van der Waals surface area (Å²) in [4.78, 5) is 13.8. The summed E-state index contributed by atoms with van der Waals surface area (Å²) in [6.45, 7) is 6.38. The Hall–Kier alpha value is -3.98. The van der Waals surface area contributed by atoms with Crippen LogP contribution in [0.15, 0.2) is 53.7 Å². The maximum atomic E-state index is 14.4. The molecule has 0 aliphatic carbocycles. The Morgan fingerprint density at radius 3 is 2.57 bits per heavy atom. The molecule has 1 atom stereocenters. The zero-order valence-electron chi connectivity index (χ0n) is 20.1. The van der Waals surface area contributed by atoms with Crippen molar-refractivity contribution >= 4 is 10.9 Å². The van der Waals surface area contributed by atoms with Crippen LogP contribution in [0.25, 0.3) is 28.1 Å². The molecule has 1 aliphatic rings. The van der Waals surface area contributed by atoms with Gasteiger partial charge >= 0.3 is 5.69 Å². The predicted molar refractivity (Wildman–Crippen MR) is 132 cm³/mol. The van der Waals surface area contributed by atoms with E-state index in [4.69, 9.17) is 5.10 Å². The molecule has 9 heteroatoms. The fourth-order valence-corrected chi connectivity index (χ4v) is 5.10. The summed E-state index contributed by atoms with van der Waals surface area (Å²) in [6.07, 6.45) is 6.09. The van der Waals surface area contributed by atoms with Crippen molar-refractivity contribution in [3.63, 3.8) is 0 Å². The number of benzene rings is 2. The molecule has 1 N–H and O–H groups in total. The van der Waals surface area contributed by atoms with Crippen molar-refractivity contribution in [3.05, 3.63) is 87.6 Å². The van der Waals surface area contributed by atoms with Crippen LogP contribution in [0.3, 0.4) is 0 Å². The number of hydrogen-bond acceptors (Lipinski definition) is 4. The maximum absolute atomic E-state index is 14.4. The highest BCUT2D eigenvalue weighted by Gasteiger charge is 2.29. The lowest BCUT2D eigenvalue weighted by molar-refractivity contribution is 0.536. The van der Waals surface area contributed by atoms with E-state index < -0.39 is 0 Å². The molecule has 0 saturated carbocycles. The van der Waals surface area contributed by atoms with Crippen LogP contribution in [-0.4, -0.2) is 35.2 Å². The summed E-state index contributed by atoms with van der Waals surface area (Å²) >= 11 is 0. The van der Waals surface area contributed by atoms with E-state index in [-0.39, 0.29) is 17.5 Å². The topological polar surface area (TPSA) is 74.6 Å². The first-order chi connectivity index (χ1) is 16.8. The molecule has 2 aromatic carbocycles. The average molecular weight is 472 g/mol. The molecule has 5 aromatic rings. The molecule has 35 heavy (non-hydrogen) atoms. The lowest BCUT2D eigenvalue weighted by atomic mass is 10.0. The van der Waals surface area contributed by atoms with Crippen molar-refractivity contribution in [2.75, 3.05) is 6.54 Å². The van der Waals surface area contributed by atoms with Crippen molar-refractivity contribution in [3.8, 4) is 17.2 Å². The summed E-state index contributed by atoms with van der Waals surface area (Å²) in [5, 5.41) is 13.6. The number of nitrogens with one attached hydrogen (secondary N) is 1. The Morgan fingerprint density at radius 2 is 1.80 bits per heavy atom. The lowest BCUT2D eigenvalue weighted by Gasteiger charge is -2.21. The van der Waals surface area contributed by atoms with Crippen molar-refractivity contribution in [1.82, 2.24) is 34.0 Å². The second-order valence-corrected chi connectivity index (χ2v) is 9.25. The number of rotatable bonds is 3. The Labute approximate surface area is 201 Å². The zero-order chi connectivity index (χ0) is 24.4. The van der Waals surface area contributed by atoms with E-state index in [0.717, 1.165) is 46.5 Å². The first-order valence-corrected chi connectivity index (χ1v) is 11.7. The van der Waals surface area contributed by atoms with Gasteiger partial charge in [-0.3, -0.25) is 13.8 Å². The fraction of sp³-hybridized carbons (Fsp3) is 0.269. The summed E-state index contributed by atoms with van der Waals surface area (Å²) in [5.74, 6) is 0.452. The summed E-state index contributed by atoms with van der Waals surface area (Å²) in [7, 11) is 1.89. The van der Waals surface area contributed by atoms with Gasteiger partial charge in [-0.05, 0) is 62.2 Å². The highest BCUT2D eigenvalue weighted by Crippen LogP contribution is 2.31. The maximum Gasteiger partial charge on any atom is 0.338 e. The van der Waals surface area contributed by atoms with Crippen LogP contribution in [0.5, 0.6) is 0 Å². The molecule has 0 radical (unpaired) electrons. The highest BCUT2D eigenvalue weighted by molar-refractivity contribution is 5.80. The van der Waals surface area contributed by atoms with Crippen LogP contribution < -0.4 is 11.0 Å². The van der Waals surface area contributed by atoms with Crippen LogP contribution in [0.4, 0.5) is 4.39 Å². The minimum absolute atomic E-state index is 0.0205. The first kappa shape index (κ1) is 21.5. The number of nitrogens with zero attached hydrogens (tertiary/aromatic N) is 6. The summed E-state index contributed by atoms with van der Waals surface area (Å²) < 4.78 is 21.2. The van der Waals surface area contributed by atoms with Gasteiger partial charge in [0.2, 0.25) is 0 Å². The third-order valence-corrected chi connectivity index (χ3v) is 6.90. The van der Waals surface area contributed by atoms with Gasteiger partial charge in [0, 0.05) is 49.4 Å². The molecular weight excluding hydrogens is 445 g/mol. The van der Waals surface area contributed by atoms with Crippen LogP contribution in [0.2, 0.25) is 0 Å². The van der Waals surface area contributed by atoms with Crippen molar-refractivity contribution < 1.29 is 4.39 Å². The van der Waals surface area contributed by atoms with Crippen LogP contribution in [0, 0.1) is 19.7 Å². The SMILES string of the molecule is Cc1cc(-n2nc3c(c2-n2ccn(-c4ccc5c(cnn5C)c4)c2=O)C(C)NCC3)cc(C)c1F. The second kappa shape index (κ2) is 7.78. The number of aryl methyl sites for hydroxylation is 3. The quantitative estimate of drug-likeness (QED) is 0.436. The molecule has 3 aromatic heterocycles. The Morgan fingerprint density at radius 1 is 1.06 bits per heavy atom. The monoisotopic (exact) mass is 471 g/mol. The third kappa shape index (κ3) is 3.26. The predicted octanol–water partition coefficient (Wildman–Crippen LogP) is 3.66. The van der Waals surface area contributed by atoms with E-state index in [1.54, 1.807) is 63.1 Å². The number of hydrogen-bond donors (Lipinski definition) is 1. The number of fused-ring (bicyclic) bond motifs is 2. The summed E-state index contributed by atoms with van der Waals surface area (Å²) in [6, 6.07) is 9.41. The van der Waals surface area contributed by atoms with Gasteiger partial charge in [0.1, 0.15) is 11.6 Å². The van der Waals surface area contributed by atoms with Gasteiger partial charge in [0.05, 0.1) is 28.8 Å². The van der Waals surface area contributed by atoms with E-state index in [9.17, 15) is 9.18 Å². The van der Waals surface area contributed by atoms with Gasteiger partial charge in [0.15, 0.2) is 0 Å². The van der Waals surface area contributed by atoms with Gasteiger partial charge in [-0.2, -0.15) is 10.2 Å². The van der Waals surface area contributed by atoms with Crippen LogP contribution in [0.1, 0.15) is 35.3 Å². The second-order valence-electron chi connectivity index (χ2n) is 9.25. The molecule has 0 fully saturated rings. The standard InChI is InChI=1S/C26H26FN7O/c1-15-11-20(12-16(2)24(15)27)34-25(23-17(3)28-8-7-21(23)30-34)33-10-9-32(26(33)35)19-5-6-22-18(13-19)14-29-31(22)4/h5-6,9-14,17,28H,7-8H2,1-4H3. The van der Waals surface area contributed by atoms with Gasteiger partial charge in [-0.25, -0.2) is 13.9 Å². The van der Waals surface area contributed by atoms with E-state index in [2.05, 4.69) is 17.3 Å². The minimum atomic E-state index is -0.226. The molecule has 4 heterocycles. The van der Waals surface area contributed by atoms with Crippen molar-refractivity contribution in [2.24, 2.45) is 7.05 Å². The Bertz CT molecular complexity index is 1650. The van der Waals surface area contributed by atoms with Gasteiger partial charge < -0.3 is 5.32 Å². The normalized spacial score (nSPS) is 15.6. The molecule has 6 rings (SSSR count). The largest absolute Gasteiger partial charge is 0.338 e. The molecule has 1 unspecified atom stereocenters. The molecule has 0 spiro atoms. The van der Waals surface area contributed by atoms with Gasteiger partial charge in [0.25, 0.3) is 0 Å². The smallest absolute Gasteiger partial charge is 0.310 e. The van der Waals surface area contributed by atoms with Crippen LogP contribution in [-0.2, 0) is 13.5 Å². The number of imidazole rings is 1. The molecule has 0 saturated heterocycles. The van der Waals surface area contributed by atoms with Gasteiger partial charge in [-0.1, -0.05) is 0 Å². The zero-order valence-corrected chi connectivity index (χ0v) is 20.1. The average Bonchev–Trinajstić information content (AvgIpc) is 3.52. The van der Waals surface area contributed by atoms with E-state index >= 15 is 0 Å². The van der Waals surface area contributed by atoms with Crippen molar-refractivity contribution in [1.29, 1.82) is 0 Å². The van der Waals surface area contributed by atoms with E-state index in [1.165, 1.54) is 0 Å². The van der Waals surface area contributed by atoms with E-state index in [0.29, 0.717) is 16.9 Å². The fourth-order valence-electron chi connectivity index (χ4n) is 5.10. The summed E-state index contributed by atoms with van der Waals surface area (Å²) in [5.41, 5.74) is 5.30. The molecular formula is C26H26FN7O. The molecule has 8 nitrogen and oxygen atoms in total. The molecule has 178 valence electrons. The molecule has 0 bridgehead atoms.